The number of benzene rings is 1. The van der Waals surface area contributed by atoms with Crippen LogP contribution in [0.15, 0.2) is 29.3 Å². The normalized spacial score (nSPS) is 19.4. The smallest absolute Gasteiger partial charge is 0.191 e. The first-order valence-electron chi connectivity index (χ1n) is 9.64. The van der Waals surface area contributed by atoms with Crippen LogP contribution in [-0.4, -0.2) is 57.1 Å². The lowest BCUT2D eigenvalue weighted by atomic mass is 9.84. The van der Waals surface area contributed by atoms with Crippen molar-refractivity contribution in [1.29, 1.82) is 0 Å². The van der Waals surface area contributed by atoms with Gasteiger partial charge in [0, 0.05) is 31.7 Å². The summed E-state index contributed by atoms with van der Waals surface area (Å²) in [6.07, 6.45) is 2.59. The van der Waals surface area contributed by atoms with E-state index in [0.717, 1.165) is 50.7 Å². The van der Waals surface area contributed by atoms with Gasteiger partial charge in [0.05, 0.1) is 19.8 Å². The first-order valence-corrected chi connectivity index (χ1v) is 9.64. The maximum absolute atomic E-state index is 9.34. The minimum Gasteiger partial charge on any atom is -0.494 e. The van der Waals surface area contributed by atoms with Crippen LogP contribution in [0.3, 0.4) is 0 Å². The fourth-order valence-corrected chi connectivity index (χ4v) is 3.16. The molecule has 0 spiro atoms. The number of halogens is 1. The summed E-state index contributed by atoms with van der Waals surface area (Å²) in [4.78, 5) is 4.74. The lowest BCUT2D eigenvalue weighted by molar-refractivity contribution is 0.131. The highest BCUT2D eigenvalue weighted by atomic mass is 127. The zero-order valence-electron chi connectivity index (χ0n) is 16.5. The van der Waals surface area contributed by atoms with Gasteiger partial charge in [-0.15, -0.1) is 24.0 Å². The van der Waals surface area contributed by atoms with Crippen LogP contribution in [0.25, 0.3) is 0 Å². The summed E-state index contributed by atoms with van der Waals surface area (Å²) in [6, 6.07) is 8.20. The Morgan fingerprint density at radius 2 is 2.19 bits per heavy atom. The van der Waals surface area contributed by atoms with Gasteiger partial charge in [-0.05, 0) is 50.8 Å². The van der Waals surface area contributed by atoms with Crippen molar-refractivity contribution in [1.82, 2.24) is 10.6 Å². The summed E-state index contributed by atoms with van der Waals surface area (Å²) in [7, 11) is 0. The maximum Gasteiger partial charge on any atom is 0.191 e. The predicted molar refractivity (Wildman–Crippen MR) is 120 cm³/mol. The number of nitrogens with zero attached hydrogens (tertiary/aromatic N) is 1. The van der Waals surface area contributed by atoms with Crippen LogP contribution in [0, 0.1) is 5.41 Å². The molecular weight excluding hydrogens is 457 g/mol. The van der Waals surface area contributed by atoms with Gasteiger partial charge in [-0.25, -0.2) is 0 Å². The highest BCUT2D eigenvalue weighted by Gasteiger charge is 2.34. The molecule has 1 atom stereocenters. The second-order valence-electron chi connectivity index (χ2n) is 6.73. The second kappa shape index (κ2) is 13.2. The summed E-state index contributed by atoms with van der Waals surface area (Å²) >= 11 is 0. The van der Waals surface area contributed by atoms with Crippen molar-refractivity contribution in [2.24, 2.45) is 10.4 Å². The van der Waals surface area contributed by atoms with Gasteiger partial charge in [0.25, 0.3) is 0 Å². The molecule has 3 N–H and O–H groups in total. The van der Waals surface area contributed by atoms with E-state index in [9.17, 15) is 5.11 Å². The molecule has 0 aromatic heterocycles. The predicted octanol–water partition coefficient (Wildman–Crippen LogP) is 2.59. The van der Waals surface area contributed by atoms with Crippen LogP contribution in [0.5, 0.6) is 5.75 Å². The summed E-state index contributed by atoms with van der Waals surface area (Å²) in [5, 5.41) is 16.0. The molecule has 27 heavy (non-hydrogen) atoms. The number of nitrogens with one attached hydrogen (secondary N) is 2. The molecule has 1 aromatic rings. The Hall–Kier alpha value is -1.06. The van der Waals surface area contributed by atoms with Crippen LogP contribution >= 0.6 is 24.0 Å². The van der Waals surface area contributed by atoms with Crippen molar-refractivity contribution in [3.8, 4) is 5.75 Å². The molecule has 1 aromatic carbocycles. The summed E-state index contributed by atoms with van der Waals surface area (Å²) in [6.45, 7) is 8.63. The zero-order chi connectivity index (χ0) is 18.7. The molecule has 1 fully saturated rings. The Morgan fingerprint density at radius 1 is 1.33 bits per heavy atom. The van der Waals surface area contributed by atoms with Crippen molar-refractivity contribution in [2.45, 2.75) is 33.1 Å². The summed E-state index contributed by atoms with van der Waals surface area (Å²) < 4.78 is 11.1. The topological polar surface area (TPSA) is 75.1 Å². The largest absolute Gasteiger partial charge is 0.494 e. The lowest BCUT2D eigenvalue weighted by Crippen LogP contribution is -2.39. The van der Waals surface area contributed by atoms with E-state index in [0.29, 0.717) is 19.8 Å². The monoisotopic (exact) mass is 491 g/mol. The molecule has 0 bridgehead atoms. The number of hydrogen-bond donors (Lipinski definition) is 3. The van der Waals surface area contributed by atoms with Crippen molar-refractivity contribution >= 4 is 29.9 Å². The Bertz CT molecular complexity index is 563. The molecule has 0 amide bonds. The molecule has 1 aliphatic rings. The van der Waals surface area contributed by atoms with E-state index in [-0.39, 0.29) is 36.0 Å². The Morgan fingerprint density at radius 3 is 2.85 bits per heavy atom. The number of aliphatic hydroxyl groups is 1. The first kappa shape index (κ1) is 24.0. The van der Waals surface area contributed by atoms with Gasteiger partial charge >= 0.3 is 0 Å². The SMILES string of the molecule is CCNC(=NCC1(CCO)CCOC1)NCCc1cccc(OCC)c1.I. The van der Waals surface area contributed by atoms with Crippen LogP contribution < -0.4 is 15.4 Å². The van der Waals surface area contributed by atoms with E-state index in [4.69, 9.17) is 14.5 Å². The van der Waals surface area contributed by atoms with Crippen LogP contribution in [0.4, 0.5) is 0 Å². The molecule has 1 aliphatic heterocycles. The van der Waals surface area contributed by atoms with E-state index < -0.39 is 0 Å². The molecule has 0 aliphatic carbocycles. The molecule has 6 nitrogen and oxygen atoms in total. The summed E-state index contributed by atoms with van der Waals surface area (Å²) in [5.74, 6) is 1.73. The molecule has 0 radical (unpaired) electrons. The highest BCUT2D eigenvalue weighted by molar-refractivity contribution is 14.0. The molecule has 1 unspecified atom stereocenters. The minimum absolute atomic E-state index is 0. The maximum atomic E-state index is 9.34. The van der Waals surface area contributed by atoms with Crippen LogP contribution in [0.1, 0.15) is 32.3 Å². The van der Waals surface area contributed by atoms with Crippen LogP contribution in [-0.2, 0) is 11.2 Å². The summed E-state index contributed by atoms with van der Waals surface area (Å²) in [5.41, 5.74) is 1.21. The third kappa shape index (κ3) is 8.23. The van der Waals surface area contributed by atoms with Gasteiger partial charge < -0.3 is 25.2 Å². The standard InChI is InChI=1S/C20H33N3O3.HI/c1-3-21-19(23-15-20(9-12-24)10-13-25-16-20)22-11-8-17-6-5-7-18(14-17)26-4-2;/h5-7,14,24H,3-4,8-13,15-16H2,1-2H3,(H2,21,22,23);1H. The number of ether oxygens (including phenoxy) is 2. The molecule has 7 heteroatoms. The fourth-order valence-electron chi connectivity index (χ4n) is 3.16. The Labute approximate surface area is 180 Å². The van der Waals surface area contributed by atoms with Gasteiger partial charge in [-0.1, -0.05) is 12.1 Å². The van der Waals surface area contributed by atoms with Gasteiger partial charge in [0.2, 0.25) is 0 Å². The molecule has 1 saturated heterocycles. The average Bonchev–Trinajstić information content (AvgIpc) is 3.10. The molecule has 2 rings (SSSR count). The third-order valence-electron chi connectivity index (χ3n) is 4.66. The van der Waals surface area contributed by atoms with Crippen molar-refractivity contribution in [3.63, 3.8) is 0 Å². The van der Waals surface area contributed by atoms with Gasteiger partial charge in [-0.3, -0.25) is 4.99 Å². The minimum atomic E-state index is -0.0249. The van der Waals surface area contributed by atoms with Crippen molar-refractivity contribution < 1.29 is 14.6 Å². The average molecular weight is 491 g/mol. The zero-order valence-corrected chi connectivity index (χ0v) is 18.8. The molecular formula is C20H34IN3O3. The number of aliphatic imine (C=N–C) groups is 1. The molecule has 0 saturated carbocycles. The van der Waals surface area contributed by atoms with E-state index in [1.54, 1.807) is 0 Å². The van der Waals surface area contributed by atoms with E-state index >= 15 is 0 Å². The quantitative estimate of drug-likeness (QED) is 0.267. The fraction of sp³-hybridized carbons (Fsp3) is 0.650. The van der Waals surface area contributed by atoms with E-state index in [1.165, 1.54) is 5.56 Å². The molecule has 1 heterocycles. The third-order valence-corrected chi connectivity index (χ3v) is 4.66. The lowest BCUT2D eigenvalue weighted by Gasteiger charge is -2.24. The van der Waals surface area contributed by atoms with E-state index in [1.807, 2.05) is 19.1 Å². The van der Waals surface area contributed by atoms with Gasteiger partial charge in [-0.2, -0.15) is 0 Å². The Balaban J connectivity index is 0.00000364. The number of guanidine groups is 1. The van der Waals surface area contributed by atoms with Crippen molar-refractivity contribution in [3.05, 3.63) is 29.8 Å². The van der Waals surface area contributed by atoms with Gasteiger partial charge in [0.15, 0.2) is 5.96 Å². The molecule has 154 valence electrons. The highest BCUT2D eigenvalue weighted by Crippen LogP contribution is 2.32. The van der Waals surface area contributed by atoms with E-state index in [2.05, 4.69) is 29.7 Å². The first-order chi connectivity index (χ1) is 12.7. The number of aliphatic hydroxyl groups excluding tert-OH is 1. The van der Waals surface area contributed by atoms with Crippen LogP contribution in [0.2, 0.25) is 0 Å². The van der Waals surface area contributed by atoms with Gasteiger partial charge in [0.1, 0.15) is 5.75 Å². The second-order valence-corrected chi connectivity index (χ2v) is 6.73. The number of rotatable bonds is 10. The number of hydrogen-bond acceptors (Lipinski definition) is 4. The van der Waals surface area contributed by atoms with Crippen molar-refractivity contribution in [2.75, 3.05) is 46.1 Å². The Kier molecular flexibility index (Phi) is 11.7.